The standard InChI is InChI=1S/C17H22N4O3/c1-3-23-17(22)14-6-7-16(18-10-14)21-8-4-5-13(11-21)9-15-19-12(2)24-20-15/h6-7,10,13H,3-5,8-9,11H2,1-2H3/t13-/m1/s1. The van der Waals surface area contributed by atoms with Gasteiger partial charge in [0.15, 0.2) is 5.82 Å². The first-order valence-corrected chi connectivity index (χ1v) is 8.33. The van der Waals surface area contributed by atoms with Crippen LogP contribution in [-0.4, -0.2) is 40.8 Å². The van der Waals surface area contributed by atoms with E-state index in [0.717, 1.165) is 44.0 Å². The summed E-state index contributed by atoms with van der Waals surface area (Å²) in [7, 11) is 0. The number of carbonyl (C=O) groups is 1. The number of hydrogen-bond acceptors (Lipinski definition) is 7. The number of aromatic nitrogens is 3. The smallest absolute Gasteiger partial charge is 0.339 e. The molecular formula is C17H22N4O3. The monoisotopic (exact) mass is 330 g/mol. The number of piperidine rings is 1. The molecule has 0 bridgehead atoms. The van der Waals surface area contributed by atoms with Crippen LogP contribution in [0.2, 0.25) is 0 Å². The van der Waals surface area contributed by atoms with Crippen LogP contribution in [0.1, 0.15) is 41.8 Å². The van der Waals surface area contributed by atoms with Crippen molar-refractivity contribution < 1.29 is 14.1 Å². The van der Waals surface area contributed by atoms with E-state index < -0.39 is 0 Å². The Morgan fingerprint density at radius 1 is 1.46 bits per heavy atom. The van der Waals surface area contributed by atoms with Crippen LogP contribution < -0.4 is 4.90 Å². The SMILES string of the molecule is CCOC(=O)c1ccc(N2CCC[C@H](Cc3noc(C)n3)C2)nc1. The molecule has 3 rings (SSSR count). The Hall–Kier alpha value is -2.44. The summed E-state index contributed by atoms with van der Waals surface area (Å²) in [5.74, 6) is 2.40. The zero-order valence-electron chi connectivity index (χ0n) is 14.1. The topological polar surface area (TPSA) is 81.4 Å². The molecule has 7 nitrogen and oxygen atoms in total. The summed E-state index contributed by atoms with van der Waals surface area (Å²) in [6.07, 6.45) is 4.64. The molecule has 0 spiro atoms. The van der Waals surface area contributed by atoms with E-state index in [4.69, 9.17) is 9.26 Å². The molecule has 1 saturated heterocycles. The van der Waals surface area contributed by atoms with E-state index in [9.17, 15) is 4.79 Å². The maximum Gasteiger partial charge on any atom is 0.339 e. The van der Waals surface area contributed by atoms with Crippen molar-refractivity contribution >= 4 is 11.8 Å². The zero-order valence-corrected chi connectivity index (χ0v) is 14.1. The van der Waals surface area contributed by atoms with Crippen LogP contribution in [0.3, 0.4) is 0 Å². The van der Waals surface area contributed by atoms with Crippen LogP contribution in [-0.2, 0) is 11.2 Å². The van der Waals surface area contributed by atoms with Gasteiger partial charge in [0.2, 0.25) is 5.89 Å². The van der Waals surface area contributed by atoms with Gasteiger partial charge in [-0.1, -0.05) is 5.16 Å². The number of hydrogen-bond donors (Lipinski definition) is 0. The highest BCUT2D eigenvalue weighted by Crippen LogP contribution is 2.24. The molecule has 1 aliphatic rings. The summed E-state index contributed by atoms with van der Waals surface area (Å²) in [4.78, 5) is 22.7. The van der Waals surface area contributed by atoms with Crippen molar-refractivity contribution in [3.05, 3.63) is 35.6 Å². The van der Waals surface area contributed by atoms with Crippen molar-refractivity contribution in [2.75, 3.05) is 24.6 Å². The second-order valence-electron chi connectivity index (χ2n) is 6.01. The molecule has 7 heteroatoms. The minimum atomic E-state index is -0.333. The molecule has 0 N–H and O–H groups in total. The third kappa shape index (κ3) is 3.90. The lowest BCUT2D eigenvalue weighted by Gasteiger charge is -2.33. The number of nitrogens with zero attached hydrogens (tertiary/aromatic N) is 4. The Morgan fingerprint density at radius 3 is 3.00 bits per heavy atom. The fraction of sp³-hybridized carbons (Fsp3) is 0.529. The molecule has 0 unspecified atom stereocenters. The largest absolute Gasteiger partial charge is 0.462 e. The lowest BCUT2D eigenvalue weighted by Crippen LogP contribution is -2.36. The summed E-state index contributed by atoms with van der Waals surface area (Å²) in [5, 5.41) is 3.98. The Bertz CT molecular complexity index is 683. The Kier molecular flexibility index (Phi) is 5.08. The number of anilines is 1. The van der Waals surface area contributed by atoms with Crippen LogP contribution in [0.4, 0.5) is 5.82 Å². The van der Waals surface area contributed by atoms with Crippen molar-refractivity contribution in [3.63, 3.8) is 0 Å². The van der Waals surface area contributed by atoms with Gasteiger partial charge < -0.3 is 14.2 Å². The number of ether oxygens (including phenoxy) is 1. The van der Waals surface area contributed by atoms with Crippen LogP contribution in [0, 0.1) is 12.8 Å². The minimum absolute atomic E-state index is 0.333. The van der Waals surface area contributed by atoms with E-state index in [1.165, 1.54) is 0 Å². The summed E-state index contributed by atoms with van der Waals surface area (Å²) < 4.78 is 10.0. The molecule has 1 aliphatic heterocycles. The van der Waals surface area contributed by atoms with Gasteiger partial charge >= 0.3 is 5.97 Å². The highest BCUT2D eigenvalue weighted by atomic mass is 16.5. The average molecular weight is 330 g/mol. The molecule has 0 saturated carbocycles. The fourth-order valence-electron chi connectivity index (χ4n) is 3.03. The average Bonchev–Trinajstić information content (AvgIpc) is 3.00. The molecule has 1 fully saturated rings. The van der Waals surface area contributed by atoms with Gasteiger partial charge in [0.1, 0.15) is 5.82 Å². The van der Waals surface area contributed by atoms with Gasteiger partial charge in [-0.25, -0.2) is 9.78 Å². The fourth-order valence-corrected chi connectivity index (χ4v) is 3.03. The highest BCUT2D eigenvalue weighted by Gasteiger charge is 2.23. The molecule has 0 amide bonds. The number of aryl methyl sites for hydroxylation is 1. The van der Waals surface area contributed by atoms with Gasteiger partial charge in [-0.15, -0.1) is 0 Å². The summed E-state index contributed by atoms with van der Waals surface area (Å²) >= 11 is 0. The molecule has 128 valence electrons. The van der Waals surface area contributed by atoms with E-state index in [1.54, 1.807) is 26.1 Å². The number of carbonyl (C=O) groups excluding carboxylic acids is 1. The van der Waals surface area contributed by atoms with Gasteiger partial charge in [-0.2, -0.15) is 4.98 Å². The maximum absolute atomic E-state index is 11.7. The number of esters is 1. The first-order chi connectivity index (χ1) is 11.7. The van der Waals surface area contributed by atoms with Crippen molar-refractivity contribution in [2.45, 2.75) is 33.1 Å². The molecule has 0 radical (unpaired) electrons. The summed E-state index contributed by atoms with van der Waals surface area (Å²) in [5.41, 5.74) is 0.483. The molecular weight excluding hydrogens is 308 g/mol. The number of rotatable bonds is 5. The molecule has 2 aromatic heterocycles. The van der Waals surface area contributed by atoms with Crippen molar-refractivity contribution in [1.82, 2.24) is 15.1 Å². The Balaban J connectivity index is 1.62. The van der Waals surface area contributed by atoms with E-state index >= 15 is 0 Å². The minimum Gasteiger partial charge on any atom is -0.462 e. The van der Waals surface area contributed by atoms with E-state index in [-0.39, 0.29) is 5.97 Å². The molecule has 0 aromatic carbocycles. The second-order valence-corrected chi connectivity index (χ2v) is 6.01. The second kappa shape index (κ2) is 7.42. The van der Waals surface area contributed by atoms with Crippen molar-refractivity contribution in [1.29, 1.82) is 0 Å². The predicted octanol–water partition coefficient (Wildman–Crippen LogP) is 2.41. The summed E-state index contributed by atoms with van der Waals surface area (Å²) in [6.45, 7) is 5.83. The van der Waals surface area contributed by atoms with Gasteiger partial charge in [-0.05, 0) is 37.8 Å². The highest BCUT2D eigenvalue weighted by molar-refractivity contribution is 5.89. The maximum atomic E-state index is 11.7. The van der Waals surface area contributed by atoms with Crippen LogP contribution in [0.5, 0.6) is 0 Å². The van der Waals surface area contributed by atoms with Gasteiger partial charge in [0.05, 0.1) is 12.2 Å². The molecule has 1 atom stereocenters. The first-order valence-electron chi connectivity index (χ1n) is 8.33. The van der Waals surface area contributed by atoms with E-state index in [2.05, 4.69) is 20.0 Å². The van der Waals surface area contributed by atoms with Gasteiger partial charge in [0, 0.05) is 32.6 Å². The van der Waals surface area contributed by atoms with Gasteiger partial charge in [0.25, 0.3) is 0 Å². The third-order valence-corrected chi connectivity index (χ3v) is 4.14. The first kappa shape index (κ1) is 16.4. The van der Waals surface area contributed by atoms with Crippen LogP contribution in [0.15, 0.2) is 22.9 Å². The molecule has 24 heavy (non-hydrogen) atoms. The lowest BCUT2D eigenvalue weighted by atomic mass is 9.94. The molecule has 3 heterocycles. The van der Waals surface area contributed by atoms with Crippen molar-refractivity contribution in [3.8, 4) is 0 Å². The molecule has 2 aromatic rings. The van der Waals surface area contributed by atoms with Crippen LogP contribution in [0.25, 0.3) is 0 Å². The lowest BCUT2D eigenvalue weighted by molar-refractivity contribution is 0.0526. The predicted molar refractivity (Wildman–Crippen MR) is 87.9 cm³/mol. The Morgan fingerprint density at radius 2 is 2.33 bits per heavy atom. The van der Waals surface area contributed by atoms with Crippen LogP contribution >= 0.6 is 0 Å². The summed E-state index contributed by atoms with van der Waals surface area (Å²) in [6, 6.07) is 3.65. The number of pyridine rings is 1. The quantitative estimate of drug-likeness (QED) is 0.779. The van der Waals surface area contributed by atoms with E-state index in [0.29, 0.717) is 24.0 Å². The zero-order chi connectivity index (χ0) is 16.9. The normalized spacial score (nSPS) is 17.8. The molecule has 0 aliphatic carbocycles. The third-order valence-electron chi connectivity index (χ3n) is 4.14. The van der Waals surface area contributed by atoms with Gasteiger partial charge in [-0.3, -0.25) is 0 Å². The van der Waals surface area contributed by atoms with Crippen molar-refractivity contribution in [2.24, 2.45) is 5.92 Å². The van der Waals surface area contributed by atoms with E-state index in [1.807, 2.05) is 6.07 Å². The Labute approximate surface area is 141 Å².